The fourth-order valence-corrected chi connectivity index (χ4v) is 3.98. The summed E-state index contributed by atoms with van der Waals surface area (Å²) in [6.07, 6.45) is 2.19. The van der Waals surface area contributed by atoms with Crippen LogP contribution in [0.2, 0.25) is 0 Å². The Bertz CT molecular complexity index is 793. The molecular formula is C25H34N2O2S. The van der Waals surface area contributed by atoms with E-state index in [1.165, 1.54) is 22.9 Å². The number of thioether (sulfide) groups is 1. The van der Waals surface area contributed by atoms with Crippen molar-refractivity contribution < 1.29 is 9.59 Å². The second-order valence-corrected chi connectivity index (χ2v) is 8.72. The van der Waals surface area contributed by atoms with Crippen LogP contribution in [0.5, 0.6) is 0 Å². The summed E-state index contributed by atoms with van der Waals surface area (Å²) in [7, 11) is 0. The van der Waals surface area contributed by atoms with Crippen LogP contribution in [-0.4, -0.2) is 41.1 Å². The van der Waals surface area contributed by atoms with Gasteiger partial charge in [-0.3, -0.25) is 9.59 Å². The molecule has 0 bridgehead atoms. The molecule has 2 unspecified atom stereocenters. The summed E-state index contributed by atoms with van der Waals surface area (Å²) in [5.74, 6) is 0.265. The molecule has 0 radical (unpaired) electrons. The van der Waals surface area contributed by atoms with Crippen molar-refractivity contribution in [3.05, 3.63) is 65.7 Å². The van der Waals surface area contributed by atoms with E-state index in [9.17, 15) is 9.59 Å². The normalized spacial score (nSPS) is 12.8. The molecule has 2 aromatic rings. The van der Waals surface area contributed by atoms with E-state index >= 15 is 0 Å². The van der Waals surface area contributed by atoms with Crippen molar-refractivity contribution in [3.63, 3.8) is 0 Å². The molecule has 0 aliphatic heterocycles. The summed E-state index contributed by atoms with van der Waals surface area (Å²) in [6.45, 7) is 8.59. The van der Waals surface area contributed by atoms with Crippen LogP contribution >= 0.6 is 11.8 Å². The maximum atomic E-state index is 13.2. The molecular weight excluding hydrogens is 392 g/mol. The molecule has 4 nitrogen and oxygen atoms in total. The number of carbonyl (C=O) groups is 2. The Hall–Kier alpha value is -2.27. The lowest BCUT2D eigenvalue weighted by molar-refractivity contribution is -0.139. The van der Waals surface area contributed by atoms with Gasteiger partial charge in [0.2, 0.25) is 11.8 Å². The van der Waals surface area contributed by atoms with Crippen LogP contribution in [0.3, 0.4) is 0 Å². The third kappa shape index (κ3) is 7.52. The summed E-state index contributed by atoms with van der Waals surface area (Å²) >= 11 is 1.52. The van der Waals surface area contributed by atoms with E-state index in [-0.39, 0.29) is 17.9 Å². The lowest BCUT2D eigenvalue weighted by atomic mass is 10.1. The Morgan fingerprint density at radius 1 is 1.00 bits per heavy atom. The van der Waals surface area contributed by atoms with E-state index < -0.39 is 6.04 Å². The van der Waals surface area contributed by atoms with Crippen LogP contribution in [0, 0.1) is 6.92 Å². The number of carbonyl (C=O) groups excluding carboxylic acids is 2. The fraction of sp³-hybridized carbons (Fsp3) is 0.440. The van der Waals surface area contributed by atoms with Gasteiger partial charge < -0.3 is 10.2 Å². The summed E-state index contributed by atoms with van der Waals surface area (Å²) in [5.41, 5.74) is 2.36. The van der Waals surface area contributed by atoms with Gasteiger partial charge in [0.15, 0.2) is 0 Å². The Labute approximate surface area is 185 Å². The summed E-state index contributed by atoms with van der Waals surface area (Å²) in [6, 6.07) is 17.9. The number of benzene rings is 2. The predicted molar refractivity (Wildman–Crippen MR) is 126 cm³/mol. The van der Waals surface area contributed by atoms with Crippen LogP contribution in [0.1, 0.15) is 44.7 Å². The van der Waals surface area contributed by atoms with Gasteiger partial charge in [-0.05, 0) is 50.8 Å². The fourth-order valence-electron chi connectivity index (χ4n) is 3.20. The maximum absolute atomic E-state index is 13.2. The Morgan fingerprint density at radius 3 is 2.27 bits per heavy atom. The molecule has 0 spiro atoms. The van der Waals surface area contributed by atoms with Crippen molar-refractivity contribution >= 4 is 23.6 Å². The van der Waals surface area contributed by atoms with Gasteiger partial charge in [-0.25, -0.2) is 0 Å². The molecule has 1 N–H and O–H groups in total. The molecule has 0 aliphatic carbocycles. The summed E-state index contributed by atoms with van der Waals surface area (Å²) in [5, 5.41) is 3.05. The van der Waals surface area contributed by atoms with Crippen LogP contribution in [0.4, 0.5) is 0 Å². The topological polar surface area (TPSA) is 49.4 Å². The average molecular weight is 427 g/mol. The molecule has 162 valence electrons. The van der Waals surface area contributed by atoms with Gasteiger partial charge in [-0.2, -0.15) is 0 Å². The Morgan fingerprint density at radius 2 is 1.67 bits per heavy atom. The predicted octanol–water partition coefficient (Wildman–Crippen LogP) is 4.85. The van der Waals surface area contributed by atoms with Gasteiger partial charge in [-0.1, -0.05) is 61.9 Å². The maximum Gasteiger partial charge on any atom is 0.243 e. The molecule has 0 saturated heterocycles. The van der Waals surface area contributed by atoms with Crippen molar-refractivity contribution in [1.82, 2.24) is 10.2 Å². The standard InChI is InChI=1S/C25H34N2O2S/c1-5-20(4)26-25(29)23(6-2)27(17-16-21-10-8-7-9-11-21)24(28)18-30-22-14-12-19(3)13-15-22/h7-15,20,23H,5-6,16-18H2,1-4H3,(H,26,29). The Kier molecular flexibility index (Phi) is 9.95. The molecule has 0 fully saturated rings. The van der Waals surface area contributed by atoms with Crippen LogP contribution in [0.15, 0.2) is 59.5 Å². The van der Waals surface area contributed by atoms with Gasteiger partial charge in [0.1, 0.15) is 6.04 Å². The first-order chi connectivity index (χ1) is 14.4. The molecule has 2 amide bonds. The van der Waals surface area contributed by atoms with E-state index in [1.807, 2.05) is 58.0 Å². The van der Waals surface area contributed by atoms with E-state index in [0.29, 0.717) is 18.7 Å². The largest absolute Gasteiger partial charge is 0.352 e. The number of hydrogen-bond donors (Lipinski definition) is 1. The highest BCUT2D eigenvalue weighted by atomic mass is 32.2. The molecule has 2 rings (SSSR count). The average Bonchev–Trinajstić information content (AvgIpc) is 2.76. The molecule has 5 heteroatoms. The van der Waals surface area contributed by atoms with Crippen LogP contribution in [0.25, 0.3) is 0 Å². The second kappa shape index (κ2) is 12.4. The molecule has 30 heavy (non-hydrogen) atoms. The van der Waals surface area contributed by atoms with E-state index in [0.717, 1.165) is 17.7 Å². The third-order valence-corrected chi connectivity index (χ3v) is 6.25. The number of amides is 2. The number of nitrogens with one attached hydrogen (secondary N) is 1. The Balaban J connectivity index is 2.11. The highest BCUT2D eigenvalue weighted by Gasteiger charge is 2.28. The molecule has 0 saturated carbocycles. The van der Waals surface area contributed by atoms with Gasteiger partial charge in [0.05, 0.1) is 5.75 Å². The van der Waals surface area contributed by atoms with E-state index in [4.69, 9.17) is 0 Å². The number of nitrogens with zero attached hydrogens (tertiary/aromatic N) is 1. The molecule has 0 aliphatic rings. The lowest BCUT2D eigenvalue weighted by Gasteiger charge is -2.31. The number of aryl methyl sites for hydroxylation is 1. The first kappa shape index (κ1) is 24.0. The monoisotopic (exact) mass is 426 g/mol. The van der Waals surface area contributed by atoms with Crippen molar-refractivity contribution in [2.75, 3.05) is 12.3 Å². The first-order valence-electron chi connectivity index (χ1n) is 10.8. The first-order valence-corrected chi connectivity index (χ1v) is 11.8. The zero-order chi connectivity index (χ0) is 21.9. The lowest BCUT2D eigenvalue weighted by Crippen LogP contribution is -2.52. The van der Waals surface area contributed by atoms with E-state index in [1.54, 1.807) is 4.90 Å². The van der Waals surface area contributed by atoms with Crippen molar-refractivity contribution in [2.45, 2.75) is 63.9 Å². The third-order valence-electron chi connectivity index (χ3n) is 5.25. The minimum Gasteiger partial charge on any atom is -0.352 e. The highest BCUT2D eigenvalue weighted by molar-refractivity contribution is 8.00. The summed E-state index contributed by atoms with van der Waals surface area (Å²) < 4.78 is 0. The van der Waals surface area contributed by atoms with Gasteiger partial charge in [0.25, 0.3) is 0 Å². The number of hydrogen-bond acceptors (Lipinski definition) is 3. The van der Waals surface area contributed by atoms with Crippen LogP contribution < -0.4 is 5.32 Å². The van der Waals surface area contributed by atoms with Crippen molar-refractivity contribution in [2.24, 2.45) is 0 Å². The molecule has 0 aromatic heterocycles. The molecule has 0 heterocycles. The quantitative estimate of drug-likeness (QED) is 0.523. The minimum absolute atomic E-state index is 0.00246. The van der Waals surface area contributed by atoms with Gasteiger partial charge in [0, 0.05) is 17.5 Å². The number of rotatable bonds is 11. The summed E-state index contributed by atoms with van der Waals surface area (Å²) in [4.78, 5) is 28.9. The van der Waals surface area contributed by atoms with Gasteiger partial charge in [-0.15, -0.1) is 11.8 Å². The molecule has 2 aromatic carbocycles. The van der Waals surface area contributed by atoms with Crippen LogP contribution in [-0.2, 0) is 16.0 Å². The molecule has 2 atom stereocenters. The minimum atomic E-state index is -0.450. The zero-order valence-electron chi connectivity index (χ0n) is 18.6. The smallest absolute Gasteiger partial charge is 0.243 e. The van der Waals surface area contributed by atoms with Crippen molar-refractivity contribution in [3.8, 4) is 0 Å². The van der Waals surface area contributed by atoms with Crippen molar-refractivity contribution in [1.29, 1.82) is 0 Å². The highest BCUT2D eigenvalue weighted by Crippen LogP contribution is 2.20. The van der Waals surface area contributed by atoms with E-state index in [2.05, 4.69) is 29.6 Å². The SMILES string of the molecule is CCC(C)NC(=O)C(CC)N(CCc1ccccc1)C(=O)CSc1ccc(C)cc1. The second-order valence-electron chi connectivity index (χ2n) is 7.67. The zero-order valence-corrected chi connectivity index (χ0v) is 19.4. The van der Waals surface area contributed by atoms with Gasteiger partial charge >= 0.3 is 0 Å².